The van der Waals surface area contributed by atoms with Gasteiger partial charge in [0.2, 0.25) is 0 Å². The Hall–Kier alpha value is 0.00688. The molecule has 0 aromatic heterocycles. The van der Waals surface area contributed by atoms with Crippen molar-refractivity contribution < 1.29 is 9.53 Å². The van der Waals surface area contributed by atoms with Gasteiger partial charge in [-0.15, -0.1) is 23.2 Å². The van der Waals surface area contributed by atoms with Crippen LogP contribution in [0.15, 0.2) is 12.2 Å². The Morgan fingerprint density at radius 2 is 2.13 bits per heavy atom. The van der Waals surface area contributed by atoms with Gasteiger partial charge in [0.25, 0.3) is 0 Å². The highest BCUT2D eigenvalue weighted by molar-refractivity contribution is 6.51. The molecule has 0 aliphatic carbocycles. The van der Waals surface area contributed by atoms with Gasteiger partial charge >= 0.3 is 5.97 Å². The molecule has 0 aliphatic heterocycles. The van der Waals surface area contributed by atoms with Crippen molar-refractivity contribution in [1.29, 1.82) is 0 Å². The largest absolute Gasteiger partial charge is 0.462 e. The number of alkyl halides is 2. The first-order valence-corrected chi connectivity index (χ1v) is 6.95. The maximum Gasteiger partial charge on any atom is 0.333 e. The molecule has 0 fully saturated rings. The molecule has 2 radical (unpaired) electrons. The molecule has 5 heteroatoms. The van der Waals surface area contributed by atoms with Crippen molar-refractivity contribution in [3.8, 4) is 0 Å². The second-order valence-corrected chi connectivity index (χ2v) is 6.33. The van der Waals surface area contributed by atoms with Crippen molar-refractivity contribution in [2.24, 2.45) is 0 Å². The molecule has 2 nitrogen and oxygen atoms in total. The van der Waals surface area contributed by atoms with Gasteiger partial charge in [-0.1, -0.05) is 19.5 Å². The first-order valence-electron chi connectivity index (χ1n) is 4.79. The van der Waals surface area contributed by atoms with Gasteiger partial charge < -0.3 is 4.74 Å². The van der Waals surface area contributed by atoms with E-state index < -0.39 is 0 Å². The summed E-state index contributed by atoms with van der Waals surface area (Å²) in [6.45, 7) is 7.60. The van der Waals surface area contributed by atoms with E-state index in [2.05, 4.69) is 6.58 Å². The average Bonchev–Trinajstić information content (AvgIpc) is 2.16. The van der Waals surface area contributed by atoms with Crippen molar-refractivity contribution >= 4 is 38.7 Å². The molecular weight excluding hydrogens is 251 g/mol. The van der Waals surface area contributed by atoms with Crippen LogP contribution in [0.25, 0.3) is 0 Å². The zero-order valence-electron chi connectivity index (χ0n) is 9.06. The van der Waals surface area contributed by atoms with E-state index in [1.54, 1.807) is 6.92 Å². The molecule has 0 aliphatic rings. The Morgan fingerprint density at radius 3 is 2.60 bits per heavy atom. The van der Waals surface area contributed by atoms with Crippen LogP contribution in [-0.2, 0) is 9.53 Å². The lowest BCUT2D eigenvalue weighted by atomic mass is 10.4. The lowest BCUT2D eigenvalue weighted by molar-refractivity contribution is -0.138. The van der Waals surface area contributed by atoms with Crippen LogP contribution in [0.2, 0.25) is 11.6 Å². The Bertz CT molecular complexity index is 219. The second-order valence-electron chi connectivity index (χ2n) is 3.35. The second kappa shape index (κ2) is 8.19. The van der Waals surface area contributed by atoms with E-state index >= 15 is 0 Å². The van der Waals surface area contributed by atoms with Gasteiger partial charge in [-0.05, 0) is 18.9 Å². The summed E-state index contributed by atoms with van der Waals surface area (Å²) in [6.07, 6.45) is 0.850. The molecule has 86 valence electrons. The molecule has 0 saturated carbocycles. The zero-order valence-corrected chi connectivity index (χ0v) is 11.6. The van der Waals surface area contributed by atoms with Gasteiger partial charge in [0, 0.05) is 15.1 Å². The van der Waals surface area contributed by atoms with Crippen LogP contribution in [0, 0.1) is 0 Å². The maximum atomic E-state index is 11.0. The molecule has 0 aromatic rings. The number of hydrogen-bond donors (Lipinski definition) is 0. The molecule has 0 heterocycles. The van der Waals surface area contributed by atoms with Crippen molar-refractivity contribution in [2.45, 2.75) is 36.7 Å². The van der Waals surface area contributed by atoms with Gasteiger partial charge in [0.1, 0.15) is 4.84 Å². The number of rotatable bonds is 7. The normalized spacial score (nSPS) is 12.6. The molecule has 0 bridgehead atoms. The number of carbonyl (C=O) groups is 1. The minimum Gasteiger partial charge on any atom is -0.462 e. The molecule has 1 unspecified atom stereocenters. The number of halogens is 2. The first kappa shape index (κ1) is 15.0. The topological polar surface area (TPSA) is 26.3 Å². The Kier molecular flexibility index (Phi) is 8.20. The van der Waals surface area contributed by atoms with E-state index in [0.717, 1.165) is 12.5 Å². The van der Waals surface area contributed by atoms with Crippen molar-refractivity contribution in [3.63, 3.8) is 0 Å². The van der Waals surface area contributed by atoms with Gasteiger partial charge in [-0.2, -0.15) is 0 Å². The number of ether oxygens (including phenoxy) is 1. The van der Waals surface area contributed by atoms with Crippen LogP contribution in [0.3, 0.4) is 0 Å². The third-order valence-corrected chi connectivity index (χ3v) is 4.55. The van der Waals surface area contributed by atoms with Gasteiger partial charge in [-0.25, -0.2) is 4.79 Å². The highest BCUT2D eigenvalue weighted by atomic mass is 35.5. The third-order valence-electron chi connectivity index (χ3n) is 1.75. The number of carbonyl (C=O) groups excluding carboxylic acids is 1. The van der Waals surface area contributed by atoms with Crippen molar-refractivity contribution in [1.82, 2.24) is 0 Å². The van der Waals surface area contributed by atoms with E-state index in [4.69, 9.17) is 27.9 Å². The lowest BCUT2D eigenvalue weighted by Crippen LogP contribution is -2.10. The summed E-state index contributed by atoms with van der Waals surface area (Å²) >= 11 is 11.4. The monoisotopic (exact) mass is 266 g/mol. The summed E-state index contributed by atoms with van der Waals surface area (Å²) in [5.41, 5.74) is 0.748. The summed E-state index contributed by atoms with van der Waals surface area (Å²) < 4.78 is 4.95. The third kappa shape index (κ3) is 7.88. The van der Waals surface area contributed by atoms with E-state index in [9.17, 15) is 4.79 Å². The summed E-state index contributed by atoms with van der Waals surface area (Å²) in [4.78, 5) is 10.7. The highest BCUT2D eigenvalue weighted by Gasteiger charge is 2.11. The van der Waals surface area contributed by atoms with Crippen LogP contribution < -0.4 is 0 Å². The van der Waals surface area contributed by atoms with Crippen molar-refractivity contribution in [3.05, 3.63) is 12.2 Å². The smallest absolute Gasteiger partial charge is 0.333 e. The maximum absolute atomic E-state index is 11.0. The molecule has 1 atom stereocenters. The Morgan fingerprint density at radius 1 is 1.53 bits per heavy atom. The summed E-state index contributed by atoms with van der Waals surface area (Å²) in [5.74, 6) is -0.320. The fourth-order valence-corrected chi connectivity index (χ4v) is 2.30. The van der Waals surface area contributed by atoms with E-state index in [1.807, 2.05) is 6.92 Å². The molecular formula is C10H16Cl2O2Si. The van der Waals surface area contributed by atoms with Crippen LogP contribution in [0.1, 0.15) is 20.3 Å². The van der Waals surface area contributed by atoms with Crippen LogP contribution >= 0.6 is 23.2 Å². The summed E-state index contributed by atoms with van der Waals surface area (Å²) in [6, 6.07) is 0.987. The number of hydrogen-bond acceptors (Lipinski definition) is 2. The molecule has 15 heavy (non-hydrogen) atoms. The fraction of sp³-hybridized carbons (Fsp3) is 0.700. The predicted octanol–water partition coefficient (Wildman–Crippen LogP) is 3.23. The molecule has 0 amide bonds. The van der Waals surface area contributed by atoms with Crippen LogP contribution in [0.4, 0.5) is 0 Å². The summed E-state index contributed by atoms with van der Waals surface area (Å²) in [5, 5.41) is 0. The van der Waals surface area contributed by atoms with Crippen molar-refractivity contribution in [2.75, 3.05) is 6.61 Å². The van der Waals surface area contributed by atoms with Gasteiger partial charge in [0.15, 0.2) is 0 Å². The predicted molar refractivity (Wildman–Crippen MR) is 65.9 cm³/mol. The van der Waals surface area contributed by atoms with E-state index in [1.165, 1.54) is 0 Å². The van der Waals surface area contributed by atoms with Gasteiger partial charge in [-0.3, -0.25) is 0 Å². The fourth-order valence-electron chi connectivity index (χ4n) is 0.779. The lowest BCUT2D eigenvalue weighted by Gasteiger charge is -2.10. The highest BCUT2D eigenvalue weighted by Crippen LogP contribution is 2.20. The standard InChI is InChI=1S/C10H16Cl2O2Si/c1-7(2)10(13)14-5-4-6-15-8(3)9(11)12/h8-9H,1,4-6H2,2-3H3. The quantitative estimate of drug-likeness (QED) is 0.233. The SMILES string of the molecule is C=C(C)C(=O)OCCC[Si]C(C)C(Cl)Cl. The molecule has 0 aromatic carbocycles. The summed E-state index contributed by atoms with van der Waals surface area (Å²) in [7, 11) is 0.707. The van der Waals surface area contributed by atoms with Crippen LogP contribution in [-0.4, -0.2) is 26.9 Å². The molecule has 0 saturated heterocycles. The minimum atomic E-state index is -0.320. The zero-order chi connectivity index (χ0) is 11.8. The minimum absolute atomic E-state index is 0.304. The van der Waals surface area contributed by atoms with Crippen LogP contribution in [0.5, 0.6) is 0 Å². The molecule has 0 N–H and O–H groups in total. The van der Waals surface area contributed by atoms with Gasteiger partial charge in [0.05, 0.1) is 6.61 Å². The number of esters is 1. The Labute approximate surface area is 104 Å². The van der Waals surface area contributed by atoms with E-state index in [-0.39, 0.29) is 10.8 Å². The average molecular weight is 267 g/mol. The Balaban J connectivity index is 3.40. The first-order chi connectivity index (χ1) is 6.95. The van der Waals surface area contributed by atoms with E-state index in [0.29, 0.717) is 27.2 Å². The molecule has 0 spiro atoms. The molecule has 0 rings (SSSR count).